The van der Waals surface area contributed by atoms with Crippen LogP contribution >= 0.6 is 22.6 Å². The van der Waals surface area contributed by atoms with Crippen molar-refractivity contribution in [3.8, 4) is 0 Å². The summed E-state index contributed by atoms with van der Waals surface area (Å²) in [7, 11) is 0. The van der Waals surface area contributed by atoms with Crippen LogP contribution in [0.1, 0.15) is 68.2 Å². The molecule has 1 aliphatic rings. The first-order chi connectivity index (χ1) is 12.4. The first kappa shape index (κ1) is 24.6. The zero-order chi connectivity index (χ0) is 20.8. The molecule has 0 aromatic rings. The fraction of sp³-hybridized carbons (Fsp3) is 0.773. The van der Waals surface area contributed by atoms with Crippen LogP contribution in [0.5, 0.6) is 0 Å². The number of esters is 1. The molecular formula is C22H37IO4. The third-order valence-corrected chi connectivity index (χ3v) is 5.43. The van der Waals surface area contributed by atoms with Crippen molar-refractivity contribution in [3.05, 3.63) is 21.8 Å². The van der Waals surface area contributed by atoms with E-state index in [0.29, 0.717) is 12.5 Å². The molecule has 0 radical (unpaired) electrons. The minimum Gasteiger partial charge on any atom is -0.465 e. The highest BCUT2D eigenvalue weighted by atomic mass is 127. The summed E-state index contributed by atoms with van der Waals surface area (Å²) in [5.74, 6) is -0.161. The zero-order valence-electron chi connectivity index (χ0n) is 18.2. The molecule has 1 heterocycles. The number of rotatable bonds is 7. The lowest BCUT2D eigenvalue weighted by molar-refractivity contribution is -0.315. The highest BCUT2D eigenvalue weighted by Crippen LogP contribution is 2.37. The van der Waals surface area contributed by atoms with Crippen LogP contribution in [0, 0.1) is 17.3 Å². The quantitative estimate of drug-likeness (QED) is 0.188. The van der Waals surface area contributed by atoms with Crippen LogP contribution in [-0.4, -0.2) is 30.6 Å². The predicted octanol–water partition coefficient (Wildman–Crippen LogP) is 6.04. The third-order valence-electron chi connectivity index (χ3n) is 5.01. The van der Waals surface area contributed by atoms with E-state index in [0.717, 1.165) is 12.8 Å². The molecule has 0 aromatic carbocycles. The van der Waals surface area contributed by atoms with Gasteiger partial charge in [0.1, 0.15) is 0 Å². The summed E-state index contributed by atoms with van der Waals surface area (Å²) in [6.07, 6.45) is 6.24. The van der Waals surface area contributed by atoms with Gasteiger partial charge in [0.05, 0.1) is 24.2 Å². The molecule has 0 aliphatic carbocycles. The van der Waals surface area contributed by atoms with Gasteiger partial charge in [0.25, 0.3) is 0 Å². The SMILES string of the molecule is C/C(=C\CCCOC(=O)C(C)(C)C)[C@H](C)[C@@H]1OC(C)(C)O[C@@H](/C=C\I)[C@@H]1C. The number of hydrogen-bond donors (Lipinski definition) is 0. The van der Waals surface area contributed by atoms with Gasteiger partial charge in [-0.3, -0.25) is 4.79 Å². The smallest absolute Gasteiger partial charge is 0.311 e. The van der Waals surface area contributed by atoms with Crippen LogP contribution in [0.2, 0.25) is 0 Å². The lowest BCUT2D eigenvalue weighted by Crippen LogP contribution is -2.51. The summed E-state index contributed by atoms with van der Waals surface area (Å²) in [6, 6.07) is 0. The van der Waals surface area contributed by atoms with Gasteiger partial charge in [-0.1, -0.05) is 48.1 Å². The highest BCUT2D eigenvalue weighted by molar-refractivity contribution is 14.1. The van der Waals surface area contributed by atoms with Crippen LogP contribution in [0.4, 0.5) is 0 Å². The maximum atomic E-state index is 11.8. The van der Waals surface area contributed by atoms with Gasteiger partial charge in [-0.2, -0.15) is 0 Å². The van der Waals surface area contributed by atoms with Crippen LogP contribution in [-0.2, 0) is 19.0 Å². The normalized spacial score (nSPS) is 27.6. The number of carbonyl (C=O) groups excluding carboxylic acids is 1. The summed E-state index contributed by atoms with van der Waals surface area (Å²) >= 11 is 2.24. The summed E-state index contributed by atoms with van der Waals surface area (Å²) in [4.78, 5) is 11.8. The molecule has 5 heteroatoms. The Hall–Kier alpha value is -0.400. The van der Waals surface area contributed by atoms with Gasteiger partial charge < -0.3 is 14.2 Å². The molecule has 0 bridgehead atoms. The van der Waals surface area contributed by atoms with Crippen molar-refractivity contribution in [1.82, 2.24) is 0 Å². The molecule has 0 unspecified atom stereocenters. The van der Waals surface area contributed by atoms with Gasteiger partial charge in [0.2, 0.25) is 0 Å². The molecule has 0 saturated carbocycles. The van der Waals surface area contributed by atoms with Crippen LogP contribution in [0.15, 0.2) is 21.8 Å². The van der Waals surface area contributed by atoms with Gasteiger partial charge in [-0.25, -0.2) is 0 Å². The monoisotopic (exact) mass is 492 g/mol. The molecule has 0 aromatic heterocycles. The van der Waals surface area contributed by atoms with Crippen molar-refractivity contribution in [3.63, 3.8) is 0 Å². The second-order valence-corrected chi connectivity index (χ2v) is 9.73. The van der Waals surface area contributed by atoms with E-state index in [9.17, 15) is 4.79 Å². The van der Waals surface area contributed by atoms with E-state index in [-0.39, 0.29) is 24.1 Å². The number of allylic oxidation sites excluding steroid dienone is 1. The maximum Gasteiger partial charge on any atom is 0.311 e. The third kappa shape index (κ3) is 7.86. The first-order valence-corrected chi connectivity index (χ1v) is 11.1. The number of hydrogen-bond acceptors (Lipinski definition) is 4. The topological polar surface area (TPSA) is 44.8 Å². The molecule has 1 aliphatic heterocycles. The molecule has 1 saturated heterocycles. The molecule has 0 spiro atoms. The molecule has 4 atom stereocenters. The van der Waals surface area contributed by atoms with Crippen molar-refractivity contribution in [2.24, 2.45) is 17.3 Å². The Kier molecular flexibility index (Phi) is 9.49. The van der Waals surface area contributed by atoms with Crippen LogP contribution in [0.3, 0.4) is 0 Å². The minimum absolute atomic E-state index is 0.0581. The fourth-order valence-electron chi connectivity index (χ4n) is 3.17. The first-order valence-electron chi connectivity index (χ1n) is 9.85. The van der Waals surface area contributed by atoms with Crippen molar-refractivity contribution in [1.29, 1.82) is 0 Å². The average Bonchev–Trinajstić information content (AvgIpc) is 2.55. The van der Waals surface area contributed by atoms with Crippen molar-refractivity contribution < 1.29 is 19.0 Å². The largest absolute Gasteiger partial charge is 0.465 e. The van der Waals surface area contributed by atoms with Gasteiger partial charge >= 0.3 is 5.97 Å². The Morgan fingerprint density at radius 3 is 2.48 bits per heavy atom. The Morgan fingerprint density at radius 2 is 1.93 bits per heavy atom. The van der Waals surface area contributed by atoms with Gasteiger partial charge in [-0.05, 0) is 64.5 Å². The van der Waals surface area contributed by atoms with Gasteiger partial charge in [0, 0.05) is 11.8 Å². The predicted molar refractivity (Wildman–Crippen MR) is 119 cm³/mol. The Bertz CT molecular complexity index is 545. The summed E-state index contributed by atoms with van der Waals surface area (Å²) < 4.78 is 19.7. The van der Waals surface area contributed by atoms with E-state index in [1.807, 2.05) is 38.7 Å². The lowest BCUT2D eigenvalue weighted by atomic mass is 9.83. The van der Waals surface area contributed by atoms with Crippen LogP contribution in [0.25, 0.3) is 0 Å². The Balaban J connectivity index is 2.61. The van der Waals surface area contributed by atoms with Gasteiger partial charge in [-0.15, -0.1) is 0 Å². The molecule has 156 valence electrons. The summed E-state index contributed by atoms with van der Waals surface area (Å²) in [5, 5.41) is 0. The molecule has 27 heavy (non-hydrogen) atoms. The van der Waals surface area contributed by atoms with E-state index in [2.05, 4.69) is 55.5 Å². The Morgan fingerprint density at radius 1 is 1.30 bits per heavy atom. The van der Waals surface area contributed by atoms with Crippen molar-refractivity contribution in [2.45, 2.75) is 86.2 Å². The van der Waals surface area contributed by atoms with Crippen molar-refractivity contribution in [2.75, 3.05) is 6.61 Å². The fourth-order valence-corrected chi connectivity index (χ4v) is 3.58. The van der Waals surface area contributed by atoms with Gasteiger partial charge in [0.15, 0.2) is 5.79 Å². The second-order valence-electron chi connectivity index (χ2n) is 9.01. The number of halogens is 1. The van der Waals surface area contributed by atoms with E-state index in [4.69, 9.17) is 14.2 Å². The van der Waals surface area contributed by atoms with E-state index in [1.54, 1.807) is 0 Å². The number of ether oxygens (including phenoxy) is 3. The Labute approximate surface area is 179 Å². The standard InChI is InChI=1S/C22H37IO4/c1-15(11-9-10-14-25-20(24)21(4,5)6)16(2)19-17(3)18(12-13-23)26-22(7,8)27-19/h11-13,16-19H,9-10,14H2,1-8H3/b13-12-,15-11+/t16-,17-,18-,19-/m0/s1. The molecule has 0 amide bonds. The number of carbonyl (C=O) groups is 1. The number of unbranched alkanes of at least 4 members (excludes halogenated alkanes) is 1. The minimum atomic E-state index is -0.590. The van der Waals surface area contributed by atoms with E-state index in [1.165, 1.54) is 5.57 Å². The lowest BCUT2D eigenvalue weighted by Gasteiger charge is -2.46. The molecular weight excluding hydrogens is 455 g/mol. The average molecular weight is 492 g/mol. The zero-order valence-corrected chi connectivity index (χ0v) is 20.3. The summed E-state index contributed by atoms with van der Waals surface area (Å²) in [6.45, 7) is 16.6. The highest BCUT2D eigenvalue weighted by Gasteiger charge is 2.42. The maximum absolute atomic E-state index is 11.8. The molecule has 0 N–H and O–H groups in total. The van der Waals surface area contributed by atoms with Crippen molar-refractivity contribution >= 4 is 28.6 Å². The van der Waals surface area contributed by atoms with E-state index >= 15 is 0 Å². The van der Waals surface area contributed by atoms with E-state index < -0.39 is 11.2 Å². The molecule has 4 nitrogen and oxygen atoms in total. The van der Waals surface area contributed by atoms with Crippen LogP contribution < -0.4 is 0 Å². The molecule has 1 rings (SSSR count). The summed E-state index contributed by atoms with van der Waals surface area (Å²) in [5.41, 5.74) is 0.871. The second kappa shape index (κ2) is 10.4. The molecule has 1 fully saturated rings.